The summed E-state index contributed by atoms with van der Waals surface area (Å²) in [5.74, 6) is 0.500. The molecule has 0 saturated carbocycles. The van der Waals surface area contributed by atoms with Crippen LogP contribution in [0.3, 0.4) is 0 Å². The molecule has 0 aromatic carbocycles. The van der Waals surface area contributed by atoms with Crippen LogP contribution in [0.4, 0.5) is 0 Å². The van der Waals surface area contributed by atoms with Gasteiger partial charge in [0.2, 0.25) is 0 Å². The van der Waals surface area contributed by atoms with Gasteiger partial charge in [0.15, 0.2) is 0 Å². The Bertz CT molecular complexity index is 126. The van der Waals surface area contributed by atoms with E-state index in [0.717, 1.165) is 38.8 Å². The molecule has 0 aliphatic carbocycles. The second-order valence-corrected chi connectivity index (χ2v) is 3.87. The van der Waals surface area contributed by atoms with Gasteiger partial charge in [-0.1, -0.05) is 26.7 Å². The zero-order valence-corrected chi connectivity index (χ0v) is 8.27. The van der Waals surface area contributed by atoms with Gasteiger partial charge in [-0.15, -0.1) is 0 Å². The first-order chi connectivity index (χ1) is 5.73. The highest BCUT2D eigenvalue weighted by Gasteiger charge is 2.35. The topological polar surface area (TPSA) is 32.3 Å². The molecule has 2 heteroatoms. The van der Waals surface area contributed by atoms with E-state index in [1.165, 1.54) is 0 Å². The lowest BCUT2D eigenvalue weighted by molar-refractivity contribution is -0.0464. The van der Waals surface area contributed by atoms with Crippen LogP contribution >= 0.6 is 0 Å². The van der Waals surface area contributed by atoms with Crippen LogP contribution in [0.2, 0.25) is 0 Å². The minimum absolute atomic E-state index is 0.366. The quantitative estimate of drug-likeness (QED) is 0.675. The number of hydrogen-bond donors (Lipinski definition) is 2. The highest BCUT2D eigenvalue weighted by atomic mass is 16.3. The third kappa shape index (κ3) is 1.99. The summed E-state index contributed by atoms with van der Waals surface area (Å²) in [5, 5.41) is 13.6. The number of nitrogens with one attached hydrogen (secondary N) is 1. The number of piperidine rings is 1. The molecule has 1 saturated heterocycles. The van der Waals surface area contributed by atoms with Crippen molar-refractivity contribution in [2.24, 2.45) is 5.92 Å². The molecule has 0 bridgehead atoms. The Morgan fingerprint density at radius 3 is 2.17 bits per heavy atom. The number of rotatable bonds is 3. The van der Waals surface area contributed by atoms with Crippen molar-refractivity contribution in [3.63, 3.8) is 0 Å². The van der Waals surface area contributed by atoms with Crippen LogP contribution < -0.4 is 5.32 Å². The summed E-state index contributed by atoms with van der Waals surface area (Å²) in [6.07, 6.45) is 4.07. The highest BCUT2D eigenvalue weighted by molar-refractivity contribution is 4.89. The van der Waals surface area contributed by atoms with Gasteiger partial charge in [-0.05, 0) is 31.8 Å². The van der Waals surface area contributed by atoms with Crippen molar-refractivity contribution in [2.75, 3.05) is 13.1 Å². The molecule has 12 heavy (non-hydrogen) atoms. The molecule has 1 aliphatic heterocycles. The van der Waals surface area contributed by atoms with E-state index < -0.39 is 0 Å². The van der Waals surface area contributed by atoms with Crippen molar-refractivity contribution >= 4 is 0 Å². The van der Waals surface area contributed by atoms with Crippen LogP contribution in [0.25, 0.3) is 0 Å². The fourth-order valence-corrected chi connectivity index (χ4v) is 2.32. The molecule has 1 fully saturated rings. The highest BCUT2D eigenvalue weighted by Crippen LogP contribution is 2.31. The third-order valence-electron chi connectivity index (χ3n) is 3.21. The van der Waals surface area contributed by atoms with Crippen molar-refractivity contribution < 1.29 is 5.11 Å². The minimum Gasteiger partial charge on any atom is -0.390 e. The molecule has 2 nitrogen and oxygen atoms in total. The first kappa shape index (κ1) is 10.0. The van der Waals surface area contributed by atoms with Gasteiger partial charge in [0, 0.05) is 0 Å². The molecule has 0 spiro atoms. The van der Waals surface area contributed by atoms with Crippen molar-refractivity contribution in [3.8, 4) is 0 Å². The molecular formula is C10H21NO. The minimum atomic E-state index is -0.366. The summed E-state index contributed by atoms with van der Waals surface area (Å²) in [5.41, 5.74) is -0.366. The summed E-state index contributed by atoms with van der Waals surface area (Å²) in [6, 6.07) is 0. The maximum absolute atomic E-state index is 10.3. The van der Waals surface area contributed by atoms with Gasteiger partial charge in [0.05, 0.1) is 5.60 Å². The smallest absolute Gasteiger partial charge is 0.0699 e. The Balaban J connectivity index is 2.53. The predicted octanol–water partition coefficient (Wildman–Crippen LogP) is 1.54. The molecular weight excluding hydrogens is 150 g/mol. The Morgan fingerprint density at radius 2 is 1.75 bits per heavy atom. The van der Waals surface area contributed by atoms with Gasteiger partial charge in [-0.25, -0.2) is 0 Å². The van der Waals surface area contributed by atoms with E-state index in [1.807, 2.05) is 0 Å². The fourth-order valence-electron chi connectivity index (χ4n) is 2.32. The van der Waals surface area contributed by atoms with E-state index in [9.17, 15) is 5.11 Å². The molecule has 0 unspecified atom stereocenters. The average Bonchev–Trinajstić information content (AvgIpc) is 2.07. The van der Waals surface area contributed by atoms with Crippen LogP contribution in [0.15, 0.2) is 0 Å². The molecule has 1 rings (SSSR count). The van der Waals surface area contributed by atoms with E-state index in [2.05, 4.69) is 19.2 Å². The molecule has 2 N–H and O–H groups in total. The van der Waals surface area contributed by atoms with Crippen LogP contribution in [0.1, 0.15) is 39.5 Å². The van der Waals surface area contributed by atoms with Crippen LogP contribution in [-0.2, 0) is 0 Å². The Labute approximate surface area is 75.4 Å². The van der Waals surface area contributed by atoms with Crippen molar-refractivity contribution in [1.82, 2.24) is 5.32 Å². The van der Waals surface area contributed by atoms with Gasteiger partial charge in [0.25, 0.3) is 0 Å². The zero-order valence-electron chi connectivity index (χ0n) is 8.27. The summed E-state index contributed by atoms with van der Waals surface area (Å²) in [4.78, 5) is 0. The van der Waals surface area contributed by atoms with Gasteiger partial charge in [-0.2, -0.15) is 0 Å². The third-order valence-corrected chi connectivity index (χ3v) is 3.21. The summed E-state index contributed by atoms with van der Waals surface area (Å²) < 4.78 is 0. The SMILES string of the molecule is CCC(CC)C1(O)CCNCC1. The van der Waals surface area contributed by atoms with Gasteiger partial charge in [-0.3, -0.25) is 0 Å². The lowest BCUT2D eigenvalue weighted by Gasteiger charge is -2.38. The van der Waals surface area contributed by atoms with E-state index in [0.29, 0.717) is 5.92 Å². The molecule has 1 aliphatic rings. The van der Waals surface area contributed by atoms with Gasteiger partial charge >= 0.3 is 0 Å². The Hall–Kier alpha value is -0.0800. The van der Waals surface area contributed by atoms with E-state index in [1.54, 1.807) is 0 Å². The second kappa shape index (κ2) is 4.24. The number of hydrogen-bond acceptors (Lipinski definition) is 2. The normalized spacial score (nSPS) is 23.0. The van der Waals surface area contributed by atoms with Crippen LogP contribution in [0, 0.1) is 5.92 Å². The van der Waals surface area contributed by atoms with E-state index >= 15 is 0 Å². The molecule has 0 aromatic rings. The first-order valence-electron chi connectivity index (χ1n) is 5.16. The van der Waals surface area contributed by atoms with Crippen LogP contribution in [0.5, 0.6) is 0 Å². The standard InChI is InChI=1S/C10H21NO/c1-3-9(4-2)10(12)5-7-11-8-6-10/h9,11-12H,3-8H2,1-2H3. The first-order valence-corrected chi connectivity index (χ1v) is 5.16. The van der Waals surface area contributed by atoms with Crippen molar-refractivity contribution in [2.45, 2.75) is 45.1 Å². The largest absolute Gasteiger partial charge is 0.390 e. The Morgan fingerprint density at radius 1 is 1.25 bits per heavy atom. The summed E-state index contributed by atoms with van der Waals surface area (Å²) in [7, 11) is 0. The number of aliphatic hydroxyl groups is 1. The van der Waals surface area contributed by atoms with E-state index in [-0.39, 0.29) is 5.60 Å². The maximum atomic E-state index is 10.3. The lowest BCUT2D eigenvalue weighted by Crippen LogP contribution is -2.46. The fraction of sp³-hybridized carbons (Fsp3) is 1.00. The maximum Gasteiger partial charge on any atom is 0.0699 e. The molecule has 0 radical (unpaired) electrons. The molecule has 0 aromatic heterocycles. The van der Waals surface area contributed by atoms with Crippen LogP contribution in [-0.4, -0.2) is 23.8 Å². The molecule has 1 heterocycles. The molecule has 0 amide bonds. The van der Waals surface area contributed by atoms with Gasteiger partial charge in [0.1, 0.15) is 0 Å². The van der Waals surface area contributed by atoms with E-state index in [4.69, 9.17) is 0 Å². The summed E-state index contributed by atoms with van der Waals surface area (Å²) in [6.45, 7) is 6.31. The van der Waals surface area contributed by atoms with Crippen molar-refractivity contribution in [1.29, 1.82) is 0 Å². The van der Waals surface area contributed by atoms with Crippen molar-refractivity contribution in [3.05, 3.63) is 0 Å². The van der Waals surface area contributed by atoms with Gasteiger partial charge < -0.3 is 10.4 Å². The monoisotopic (exact) mass is 171 g/mol. The predicted molar refractivity (Wildman–Crippen MR) is 51.1 cm³/mol. The summed E-state index contributed by atoms with van der Waals surface area (Å²) >= 11 is 0. The second-order valence-electron chi connectivity index (χ2n) is 3.87. The lowest BCUT2D eigenvalue weighted by atomic mass is 9.77. The zero-order chi connectivity index (χ0) is 9.03. The molecule has 72 valence electrons. The average molecular weight is 171 g/mol. The Kier molecular flexibility index (Phi) is 3.53. The molecule has 0 atom stereocenters.